The Morgan fingerprint density at radius 3 is 2.19 bits per heavy atom. The van der Waals surface area contributed by atoms with Gasteiger partial charge >= 0.3 is 0 Å². The lowest BCUT2D eigenvalue weighted by atomic mass is 10.0. The molecule has 1 atom stereocenters. The summed E-state index contributed by atoms with van der Waals surface area (Å²) in [5.74, 6) is -2.31. The van der Waals surface area contributed by atoms with E-state index in [1.807, 2.05) is 13.8 Å². The second kappa shape index (κ2) is 8.86. The summed E-state index contributed by atoms with van der Waals surface area (Å²) in [5.41, 5.74) is 1.21. The number of piperazine rings is 1. The number of aromatic nitrogens is 2. The number of fused-ring (bicyclic) bond motifs is 1. The Balaban J connectivity index is 1.50. The Kier molecular flexibility index (Phi) is 6.15. The van der Waals surface area contributed by atoms with Crippen molar-refractivity contribution in [2.75, 3.05) is 26.2 Å². The molecule has 1 aliphatic heterocycles. The number of imidazole rings is 1. The van der Waals surface area contributed by atoms with Crippen molar-refractivity contribution in [1.82, 2.24) is 19.4 Å². The second-order valence-corrected chi connectivity index (χ2v) is 8.66. The Hall–Kier alpha value is -3.00. The third-order valence-electron chi connectivity index (χ3n) is 5.77. The van der Waals surface area contributed by atoms with Crippen LogP contribution in [-0.4, -0.2) is 57.3 Å². The summed E-state index contributed by atoms with van der Waals surface area (Å²) in [4.78, 5) is 33.7. The first-order valence-electron chi connectivity index (χ1n) is 10.4. The molecular weight excluding hydrogens is 438 g/mol. The average Bonchev–Trinajstić information content (AvgIpc) is 3.16. The predicted octanol–water partition coefficient (Wildman–Crippen LogP) is 4.15. The molecular formula is C23H23ClF2N4O2. The van der Waals surface area contributed by atoms with E-state index in [-0.39, 0.29) is 17.7 Å². The minimum absolute atomic E-state index is 0.104. The first-order chi connectivity index (χ1) is 15.3. The largest absolute Gasteiger partial charge is 0.337 e. The van der Waals surface area contributed by atoms with Gasteiger partial charge in [0.2, 0.25) is 5.91 Å². The minimum atomic E-state index is -0.983. The van der Waals surface area contributed by atoms with Gasteiger partial charge < -0.3 is 14.4 Å². The number of hydrogen-bond donors (Lipinski definition) is 0. The van der Waals surface area contributed by atoms with Crippen molar-refractivity contribution in [3.05, 3.63) is 64.9 Å². The van der Waals surface area contributed by atoms with Gasteiger partial charge in [-0.1, -0.05) is 25.4 Å². The van der Waals surface area contributed by atoms with Crippen LogP contribution in [0.4, 0.5) is 8.78 Å². The van der Waals surface area contributed by atoms with Gasteiger partial charge in [-0.15, -0.1) is 0 Å². The van der Waals surface area contributed by atoms with Crippen LogP contribution in [0, 0.1) is 17.6 Å². The maximum Gasteiger partial charge on any atom is 0.253 e. The molecule has 0 aliphatic carbocycles. The van der Waals surface area contributed by atoms with Crippen LogP contribution in [0.5, 0.6) is 0 Å². The molecule has 1 saturated heterocycles. The van der Waals surface area contributed by atoms with Gasteiger partial charge in [0.05, 0.1) is 17.4 Å². The molecule has 2 amide bonds. The van der Waals surface area contributed by atoms with Crippen molar-refractivity contribution in [1.29, 1.82) is 0 Å². The van der Waals surface area contributed by atoms with Gasteiger partial charge in [-0.25, -0.2) is 13.8 Å². The van der Waals surface area contributed by atoms with Crippen LogP contribution in [0.1, 0.15) is 30.2 Å². The van der Waals surface area contributed by atoms with Crippen LogP contribution >= 0.6 is 11.6 Å². The first kappa shape index (κ1) is 22.2. The lowest BCUT2D eigenvalue weighted by molar-refractivity contribution is -0.137. The van der Waals surface area contributed by atoms with E-state index in [0.29, 0.717) is 47.8 Å². The topological polar surface area (TPSA) is 58.4 Å². The molecule has 1 unspecified atom stereocenters. The highest BCUT2D eigenvalue weighted by Crippen LogP contribution is 2.27. The van der Waals surface area contributed by atoms with Gasteiger partial charge in [0.25, 0.3) is 5.91 Å². The van der Waals surface area contributed by atoms with E-state index in [1.54, 1.807) is 38.6 Å². The predicted molar refractivity (Wildman–Crippen MR) is 117 cm³/mol. The van der Waals surface area contributed by atoms with Gasteiger partial charge in [-0.2, -0.15) is 0 Å². The van der Waals surface area contributed by atoms with Crippen molar-refractivity contribution in [3.8, 4) is 0 Å². The third-order valence-corrected chi connectivity index (χ3v) is 6.02. The van der Waals surface area contributed by atoms with E-state index in [9.17, 15) is 18.4 Å². The molecule has 9 heteroatoms. The third kappa shape index (κ3) is 4.19. The molecule has 0 spiro atoms. The van der Waals surface area contributed by atoms with Gasteiger partial charge in [-0.3, -0.25) is 9.59 Å². The maximum absolute atomic E-state index is 13.9. The van der Waals surface area contributed by atoms with Crippen LogP contribution in [0.3, 0.4) is 0 Å². The number of carbonyl (C=O) groups is 2. The standard InChI is InChI=1S/C23H23ClF2N4O2/c1-14(2)21(30-13-27-19-11-17(25)18(26)12-20(19)30)23(32)29-9-7-28(8-10-29)22(31)15-3-5-16(24)6-4-15/h3-6,11-14,21H,7-10H2,1-2H3. The lowest BCUT2D eigenvalue weighted by Gasteiger charge is -2.37. The maximum atomic E-state index is 13.9. The van der Waals surface area contributed by atoms with Gasteiger partial charge in [0, 0.05) is 48.9 Å². The normalized spacial score (nSPS) is 15.4. The summed E-state index contributed by atoms with van der Waals surface area (Å²) in [7, 11) is 0. The van der Waals surface area contributed by atoms with E-state index < -0.39 is 17.7 Å². The monoisotopic (exact) mass is 460 g/mol. The summed E-state index contributed by atoms with van der Waals surface area (Å²) in [6, 6.07) is 8.19. The molecule has 2 heterocycles. The smallest absolute Gasteiger partial charge is 0.253 e. The molecule has 4 rings (SSSR count). The summed E-state index contributed by atoms with van der Waals surface area (Å²) < 4.78 is 29.0. The number of carbonyl (C=O) groups excluding carboxylic acids is 2. The Morgan fingerprint density at radius 1 is 0.969 bits per heavy atom. The van der Waals surface area contributed by atoms with E-state index in [0.717, 1.165) is 12.1 Å². The molecule has 0 radical (unpaired) electrons. The van der Waals surface area contributed by atoms with Crippen molar-refractivity contribution >= 4 is 34.4 Å². The number of amides is 2. The zero-order valence-electron chi connectivity index (χ0n) is 17.8. The molecule has 0 N–H and O–H groups in total. The Morgan fingerprint density at radius 2 is 1.56 bits per heavy atom. The van der Waals surface area contributed by atoms with Crippen LogP contribution in [0.2, 0.25) is 5.02 Å². The minimum Gasteiger partial charge on any atom is -0.337 e. The van der Waals surface area contributed by atoms with Gasteiger partial charge in [0.15, 0.2) is 11.6 Å². The summed E-state index contributed by atoms with van der Waals surface area (Å²) in [6.45, 7) is 5.38. The summed E-state index contributed by atoms with van der Waals surface area (Å²) >= 11 is 5.89. The van der Waals surface area contributed by atoms with Gasteiger partial charge in [0.1, 0.15) is 6.04 Å². The highest BCUT2D eigenvalue weighted by atomic mass is 35.5. The van der Waals surface area contributed by atoms with Crippen molar-refractivity contribution in [3.63, 3.8) is 0 Å². The molecule has 0 bridgehead atoms. The zero-order valence-corrected chi connectivity index (χ0v) is 18.5. The molecule has 1 aromatic heterocycles. The summed E-state index contributed by atoms with van der Waals surface area (Å²) in [5, 5.41) is 0.561. The average molecular weight is 461 g/mol. The van der Waals surface area contributed by atoms with E-state index in [4.69, 9.17) is 11.6 Å². The number of benzene rings is 2. The molecule has 32 heavy (non-hydrogen) atoms. The molecule has 1 aliphatic rings. The van der Waals surface area contributed by atoms with E-state index >= 15 is 0 Å². The van der Waals surface area contributed by atoms with Crippen molar-refractivity contribution < 1.29 is 18.4 Å². The quantitative estimate of drug-likeness (QED) is 0.587. The molecule has 0 saturated carbocycles. The molecule has 6 nitrogen and oxygen atoms in total. The molecule has 3 aromatic rings. The second-order valence-electron chi connectivity index (χ2n) is 8.22. The summed E-state index contributed by atoms with van der Waals surface area (Å²) in [6.07, 6.45) is 1.45. The number of hydrogen-bond acceptors (Lipinski definition) is 3. The van der Waals surface area contributed by atoms with Crippen molar-refractivity contribution in [2.45, 2.75) is 19.9 Å². The molecule has 2 aromatic carbocycles. The van der Waals surface area contributed by atoms with Crippen LogP contribution in [0.15, 0.2) is 42.7 Å². The van der Waals surface area contributed by atoms with Crippen molar-refractivity contribution in [2.24, 2.45) is 5.92 Å². The fourth-order valence-electron chi connectivity index (χ4n) is 4.06. The molecule has 1 fully saturated rings. The van der Waals surface area contributed by atoms with E-state index in [1.165, 1.54) is 6.33 Å². The Labute approximate surface area is 189 Å². The first-order valence-corrected chi connectivity index (χ1v) is 10.8. The Bertz CT molecular complexity index is 1150. The highest BCUT2D eigenvalue weighted by molar-refractivity contribution is 6.30. The van der Waals surface area contributed by atoms with Crippen LogP contribution < -0.4 is 0 Å². The molecule has 168 valence electrons. The highest BCUT2D eigenvalue weighted by Gasteiger charge is 2.33. The number of nitrogens with zero attached hydrogens (tertiary/aromatic N) is 4. The lowest BCUT2D eigenvalue weighted by Crippen LogP contribution is -2.52. The fraction of sp³-hybridized carbons (Fsp3) is 0.348. The van der Waals surface area contributed by atoms with E-state index in [2.05, 4.69) is 4.98 Å². The van der Waals surface area contributed by atoms with Crippen LogP contribution in [0.25, 0.3) is 11.0 Å². The van der Waals surface area contributed by atoms with Gasteiger partial charge in [-0.05, 0) is 30.2 Å². The fourth-order valence-corrected chi connectivity index (χ4v) is 4.19. The zero-order chi connectivity index (χ0) is 23.0. The SMILES string of the molecule is CC(C)C(C(=O)N1CCN(C(=O)c2ccc(Cl)cc2)CC1)n1cnc2cc(F)c(F)cc21. The number of halogens is 3. The van der Waals surface area contributed by atoms with Crippen LogP contribution in [-0.2, 0) is 4.79 Å². The number of rotatable bonds is 4.